The molecule has 0 atom stereocenters. The van der Waals surface area contributed by atoms with Crippen LogP contribution in [0.15, 0.2) is 57.7 Å². The SMILES string of the molecule is CCOc1ccc(C(=O)N2CCC(NC(=O)c3cc(-c4ccco4)on3)CC2)cc1. The van der Waals surface area contributed by atoms with E-state index in [9.17, 15) is 9.59 Å². The summed E-state index contributed by atoms with van der Waals surface area (Å²) >= 11 is 0. The van der Waals surface area contributed by atoms with Gasteiger partial charge in [0, 0.05) is 30.8 Å². The normalized spacial score (nSPS) is 14.5. The van der Waals surface area contributed by atoms with Crippen molar-refractivity contribution in [2.75, 3.05) is 19.7 Å². The monoisotopic (exact) mass is 409 g/mol. The van der Waals surface area contributed by atoms with Crippen LogP contribution in [0.5, 0.6) is 5.75 Å². The minimum Gasteiger partial charge on any atom is -0.494 e. The zero-order valence-corrected chi connectivity index (χ0v) is 16.7. The van der Waals surface area contributed by atoms with Gasteiger partial charge in [-0.3, -0.25) is 9.59 Å². The van der Waals surface area contributed by atoms with Crippen molar-refractivity contribution in [2.45, 2.75) is 25.8 Å². The fourth-order valence-electron chi connectivity index (χ4n) is 3.45. The maximum Gasteiger partial charge on any atom is 0.273 e. The van der Waals surface area contributed by atoms with Crippen LogP contribution in [0.25, 0.3) is 11.5 Å². The largest absolute Gasteiger partial charge is 0.494 e. The minimum absolute atomic E-state index is 0.0117. The quantitative estimate of drug-likeness (QED) is 0.670. The van der Waals surface area contributed by atoms with Crippen molar-refractivity contribution < 1.29 is 23.3 Å². The zero-order valence-electron chi connectivity index (χ0n) is 16.7. The molecule has 1 N–H and O–H groups in total. The van der Waals surface area contributed by atoms with Crippen molar-refractivity contribution in [2.24, 2.45) is 0 Å². The van der Waals surface area contributed by atoms with Crippen molar-refractivity contribution in [3.05, 3.63) is 60.0 Å². The highest BCUT2D eigenvalue weighted by Gasteiger charge is 2.26. The molecule has 1 aliphatic rings. The fraction of sp³-hybridized carbons (Fsp3) is 0.318. The van der Waals surface area contributed by atoms with Gasteiger partial charge in [-0.2, -0.15) is 0 Å². The standard InChI is InChI=1S/C22H23N3O5/c1-2-28-17-7-5-15(6-8-17)22(27)25-11-9-16(10-12-25)23-21(26)18-14-20(30-24-18)19-4-3-13-29-19/h3-8,13-14,16H,2,9-12H2,1H3,(H,23,26). The summed E-state index contributed by atoms with van der Waals surface area (Å²) in [5.74, 6) is 1.36. The summed E-state index contributed by atoms with van der Waals surface area (Å²) in [6.45, 7) is 3.66. The predicted molar refractivity (Wildman–Crippen MR) is 108 cm³/mol. The first-order valence-electron chi connectivity index (χ1n) is 9.97. The third-order valence-corrected chi connectivity index (χ3v) is 5.04. The molecular formula is C22H23N3O5. The van der Waals surface area contributed by atoms with E-state index in [0.717, 1.165) is 5.75 Å². The van der Waals surface area contributed by atoms with Crippen LogP contribution in [0, 0.1) is 0 Å². The number of piperidine rings is 1. The highest BCUT2D eigenvalue weighted by Crippen LogP contribution is 2.21. The third-order valence-electron chi connectivity index (χ3n) is 5.04. The smallest absolute Gasteiger partial charge is 0.273 e. The number of carbonyl (C=O) groups excluding carboxylic acids is 2. The van der Waals surface area contributed by atoms with Gasteiger partial charge in [0.1, 0.15) is 5.75 Å². The number of hydrogen-bond acceptors (Lipinski definition) is 6. The van der Waals surface area contributed by atoms with Gasteiger partial charge in [-0.1, -0.05) is 5.16 Å². The molecule has 30 heavy (non-hydrogen) atoms. The molecule has 0 unspecified atom stereocenters. The number of nitrogens with one attached hydrogen (secondary N) is 1. The van der Waals surface area contributed by atoms with Gasteiger partial charge in [0.15, 0.2) is 11.5 Å². The van der Waals surface area contributed by atoms with Crippen molar-refractivity contribution in [1.29, 1.82) is 0 Å². The molecule has 8 heteroatoms. The number of benzene rings is 1. The topological polar surface area (TPSA) is 97.8 Å². The summed E-state index contributed by atoms with van der Waals surface area (Å²) in [6.07, 6.45) is 2.88. The maximum atomic E-state index is 12.7. The summed E-state index contributed by atoms with van der Waals surface area (Å²) in [7, 11) is 0. The van der Waals surface area contributed by atoms with E-state index in [1.807, 2.05) is 11.8 Å². The van der Waals surface area contributed by atoms with Gasteiger partial charge in [-0.25, -0.2) is 0 Å². The van der Waals surface area contributed by atoms with Crippen molar-refractivity contribution in [1.82, 2.24) is 15.4 Å². The maximum absolute atomic E-state index is 12.7. The van der Waals surface area contributed by atoms with E-state index in [2.05, 4.69) is 10.5 Å². The first-order valence-corrected chi connectivity index (χ1v) is 9.97. The second kappa shape index (κ2) is 8.86. The number of likely N-dealkylation sites (tertiary alicyclic amines) is 1. The van der Waals surface area contributed by atoms with Crippen molar-refractivity contribution in [3.8, 4) is 17.3 Å². The summed E-state index contributed by atoms with van der Waals surface area (Å²) in [4.78, 5) is 27.0. The summed E-state index contributed by atoms with van der Waals surface area (Å²) in [6, 6.07) is 12.2. The van der Waals surface area contributed by atoms with Crippen LogP contribution in [0.1, 0.15) is 40.6 Å². The number of furan rings is 1. The van der Waals surface area contributed by atoms with Crippen LogP contribution in [0.3, 0.4) is 0 Å². The molecule has 3 heterocycles. The van der Waals surface area contributed by atoms with E-state index in [0.29, 0.717) is 49.6 Å². The summed E-state index contributed by atoms with van der Waals surface area (Å²) in [5.41, 5.74) is 0.836. The molecule has 0 bridgehead atoms. The number of carbonyl (C=O) groups is 2. The Hall–Kier alpha value is -3.55. The average Bonchev–Trinajstić information content (AvgIpc) is 3.47. The van der Waals surface area contributed by atoms with E-state index in [1.165, 1.54) is 6.26 Å². The van der Waals surface area contributed by atoms with E-state index in [-0.39, 0.29) is 23.6 Å². The number of nitrogens with zero attached hydrogens (tertiary/aromatic N) is 2. The molecule has 3 aromatic rings. The molecule has 1 saturated heterocycles. The molecule has 4 rings (SSSR count). The Balaban J connectivity index is 1.29. The Bertz CT molecular complexity index is 986. The van der Waals surface area contributed by atoms with Crippen LogP contribution in [-0.4, -0.2) is 47.6 Å². The van der Waals surface area contributed by atoms with Gasteiger partial charge in [-0.05, 0) is 56.2 Å². The highest BCUT2D eigenvalue weighted by atomic mass is 16.5. The van der Waals surface area contributed by atoms with E-state index >= 15 is 0 Å². The molecule has 2 amide bonds. The molecule has 0 saturated carbocycles. The van der Waals surface area contributed by atoms with Crippen LogP contribution >= 0.6 is 0 Å². The van der Waals surface area contributed by atoms with Gasteiger partial charge in [0.2, 0.25) is 5.76 Å². The third kappa shape index (κ3) is 4.37. The summed E-state index contributed by atoms with van der Waals surface area (Å²) in [5, 5.41) is 6.79. The molecule has 1 fully saturated rings. The molecular weight excluding hydrogens is 386 g/mol. The molecule has 1 aromatic carbocycles. The van der Waals surface area contributed by atoms with Gasteiger partial charge < -0.3 is 23.9 Å². The van der Waals surface area contributed by atoms with Crippen LogP contribution < -0.4 is 10.1 Å². The van der Waals surface area contributed by atoms with Crippen LogP contribution in [0.2, 0.25) is 0 Å². The molecule has 0 spiro atoms. The zero-order chi connectivity index (χ0) is 20.9. The molecule has 2 aromatic heterocycles. The molecule has 0 aliphatic carbocycles. The Morgan fingerprint density at radius 1 is 1.17 bits per heavy atom. The van der Waals surface area contributed by atoms with Gasteiger partial charge in [0.25, 0.3) is 11.8 Å². The number of hydrogen-bond donors (Lipinski definition) is 1. The number of aromatic nitrogens is 1. The lowest BCUT2D eigenvalue weighted by atomic mass is 10.0. The lowest BCUT2D eigenvalue weighted by Gasteiger charge is -2.32. The molecule has 156 valence electrons. The Morgan fingerprint density at radius 2 is 1.93 bits per heavy atom. The molecule has 8 nitrogen and oxygen atoms in total. The van der Waals surface area contributed by atoms with Gasteiger partial charge in [0.05, 0.1) is 12.9 Å². The van der Waals surface area contributed by atoms with Crippen molar-refractivity contribution >= 4 is 11.8 Å². The summed E-state index contributed by atoms with van der Waals surface area (Å²) < 4.78 is 15.8. The number of amides is 2. The minimum atomic E-state index is -0.298. The first-order chi connectivity index (χ1) is 14.6. The second-order valence-electron chi connectivity index (χ2n) is 7.05. The lowest BCUT2D eigenvalue weighted by molar-refractivity contribution is 0.0697. The Morgan fingerprint density at radius 3 is 2.60 bits per heavy atom. The fourth-order valence-corrected chi connectivity index (χ4v) is 3.45. The second-order valence-corrected chi connectivity index (χ2v) is 7.05. The Kier molecular flexibility index (Phi) is 5.83. The van der Waals surface area contributed by atoms with E-state index < -0.39 is 0 Å². The highest BCUT2D eigenvalue weighted by molar-refractivity contribution is 5.95. The van der Waals surface area contributed by atoms with Crippen molar-refractivity contribution in [3.63, 3.8) is 0 Å². The molecule has 1 aliphatic heterocycles. The lowest BCUT2D eigenvalue weighted by Crippen LogP contribution is -2.46. The van der Waals surface area contributed by atoms with E-state index in [4.69, 9.17) is 13.7 Å². The number of ether oxygens (including phenoxy) is 1. The van der Waals surface area contributed by atoms with Crippen LogP contribution in [0.4, 0.5) is 0 Å². The molecule has 0 radical (unpaired) electrons. The average molecular weight is 409 g/mol. The predicted octanol–water partition coefficient (Wildman–Crippen LogP) is 3.37. The van der Waals surface area contributed by atoms with Gasteiger partial charge in [-0.15, -0.1) is 0 Å². The Labute approximate surface area is 173 Å². The van der Waals surface area contributed by atoms with E-state index in [1.54, 1.807) is 42.5 Å². The van der Waals surface area contributed by atoms with Crippen LogP contribution in [-0.2, 0) is 0 Å². The van der Waals surface area contributed by atoms with Gasteiger partial charge >= 0.3 is 0 Å². The number of rotatable bonds is 6. The first kappa shape index (κ1) is 19.8.